The van der Waals surface area contributed by atoms with E-state index in [2.05, 4.69) is 14.1 Å². The summed E-state index contributed by atoms with van der Waals surface area (Å²) < 4.78 is 21.7. The molecule has 1 N–H and O–H groups in total. The Morgan fingerprint density at radius 2 is 2.22 bits per heavy atom. The molecule has 1 heterocycles. The Labute approximate surface area is 108 Å². The predicted molar refractivity (Wildman–Crippen MR) is 68.8 cm³/mol. The average Bonchev–Trinajstić information content (AvgIpc) is 2.83. The molecule has 0 atom stereocenters. The second-order valence-electron chi connectivity index (χ2n) is 3.73. The molecule has 1 aromatic carbocycles. The van der Waals surface area contributed by atoms with Gasteiger partial charge in [0, 0.05) is 12.1 Å². The quantitative estimate of drug-likeness (QED) is 0.920. The Bertz CT molecular complexity index is 588. The second-order valence-corrected chi connectivity index (χ2v) is 4.26. The van der Waals surface area contributed by atoms with Crippen molar-refractivity contribution in [2.24, 2.45) is 0 Å². The third-order valence-electron chi connectivity index (χ3n) is 2.33. The lowest BCUT2D eigenvalue weighted by Gasteiger charge is -2.04. The molecule has 6 heteroatoms. The van der Waals surface area contributed by atoms with Crippen LogP contribution < -0.4 is 5.32 Å². The number of rotatable bonds is 4. The van der Waals surface area contributed by atoms with Crippen LogP contribution in [0, 0.1) is 17.1 Å². The van der Waals surface area contributed by atoms with Gasteiger partial charge in [-0.25, -0.2) is 4.39 Å². The van der Waals surface area contributed by atoms with E-state index in [1.807, 2.05) is 13.0 Å². The molecule has 2 rings (SSSR count). The minimum absolute atomic E-state index is 0.277. The minimum atomic E-state index is -0.446. The van der Waals surface area contributed by atoms with Gasteiger partial charge in [0.05, 0.1) is 23.4 Å². The summed E-state index contributed by atoms with van der Waals surface area (Å²) in [6, 6.07) is 6.09. The number of nitrogens with zero attached hydrogens (tertiary/aromatic N) is 3. The van der Waals surface area contributed by atoms with Crippen molar-refractivity contribution in [3.05, 3.63) is 29.6 Å². The molecule has 0 unspecified atom stereocenters. The average molecular weight is 262 g/mol. The fourth-order valence-corrected chi connectivity index (χ4v) is 2.08. The maximum absolute atomic E-state index is 13.4. The van der Waals surface area contributed by atoms with Crippen molar-refractivity contribution in [3.8, 4) is 17.3 Å². The summed E-state index contributed by atoms with van der Waals surface area (Å²) in [5.41, 5.74) is 1.43. The zero-order chi connectivity index (χ0) is 13.0. The fraction of sp³-hybridized carbons (Fsp3) is 0.250. The van der Waals surface area contributed by atoms with Crippen molar-refractivity contribution in [3.63, 3.8) is 0 Å². The molecular formula is C12H11FN4S. The van der Waals surface area contributed by atoms with Gasteiger partial charge in [0.1, 0.15) is 11.5 Å². The van der Waals surface area contributed by atoms with Crippen molar-refractivity contribution in [1.29, 1.82) is 5.26 Å². The SMILES string of the molecule is CCCNc1nsnc1-c1cc(F)cc(C#N)c1. The van der Waals surface area contributed by atoms with Crippen molar-refractivity contribution < 1.29 is 4.39 Å². The molecular weight excluding hydrogens is 251 g/mol. The molecule has 0 saturated heterocycles. The van der Waals surface area contributed by atoms with Crippen molar-refractivity contribution in [2.75, 3.05) is 11.9 Å². The minimum Gasteiger partial charge on any atom is -0.367 e. The Kier molecular flexibility index (Phi) is 3.85. The Balaban J connectivity index is 2.39. The number of hydrogen-bond donors (Lipinski definition) is 1. The van der Waals surface area contributed by atoms with Gasteiger partial charge in [-0.05, 0) is 24.6 Å². The molecule has 4 nitrogen and oxygen atoms in total. The predicted octanol–water partition coefficient (Wildman–Crippen LogP) is 3.04. The van der Waals surface area contributed by atoms with Crippen LogP contribution in [0.2, 0.25) is 0 Å². The van der Waals surface area contributed by atoms with E-state index in [0.29, 0.717) is 17.1 Å². The molecule has 1 aromatic heterocycles. The number of halogens is 1. The summed E-state index contributed by atoms with van der Waals surface area (Å²) >= 11 is 1.06. The molecule has 0 saturated carbocycles. The van der Waals surface area contributed by atoms with Gasteiger partial charge in [-0.2, -0.15) is 14.0 Å². The first kappa shape index (κ1) is 12.5. The lowest BCUT2D eigenvalue weighted by Crippen LogP contribution is -2.01. The number of nitriles is 1. The van der Waals surface area contributed by atoms with E-state index < -0.39 is 5.82 Å². The first-order valence-corrected chi connectivity index (χ1v) is 6.25. The summed E-state index contributed by atoms with van der Waals surface area (Å²) in [5.74, 6) is 0.190. The molecule has 0 radical (unpaired) electrons. The summed E-state index contributed by atoms with van der Waals surface area (Å²) in [7, 11) is 0. The van der Waals surface area contributed by atoms with Crippen LogP contribution in [0.5, 0.6) is 0 Å². The number of anilines is 1. The van der Waals surface area contributed by atoms with Crippen molar-refractivity contribution >= 4 is 17.5 Å². The second kappa shape index (κ2) is 5.56. The van der Waals surface area contributed by atoms with Gasteiger partial charge >= 0.3 is 0 Å². The van der Waals surface area contributed by atoms with Crippen LogP contribution in [0.25, 0.3) is 11.3 Å². The molecule has 0 amide bonds. The number of aromatic nitrogens is 2. The molecule has 0 spiro atoms. The summed E-state index contributed by atoms with van der Waals surface area (Å²) in [5, 5.41) is 12.0. The largest absolute Gasteiger partial charge is 0.367 e. The molecule has 0 aliphatic heterocycles. The number of hydrogen-bond acceptors (Lipinski definition) is 5. The van der Waals surface area contributed by atoms with Gasteiger partial charge in [0.2, 0.25) is 0 Å². The van der Waals surface area contributed by atoms with Crippen LogP contribution in [-0.2, 0) is 0 Å². The van der Waals surface area contributed by atoms with Crippen LogP contribution in [0.1, 0.15) is 18.9 Å². The van der Waals surface area contributed by atoms with Gasteiger partial charge in [0.25, 0.3) is 0 Å². The monoisotopic (exact) mass is 262 g/mol. The first-order chi connectivity index (χ1) is 8.74. The van der Waals surface area contributed by atoms with E-state index in [1.54, 1.807) is 6.07 Å². The van der Waals surface area contributed by atoms with E-state index in [1.165, 1.54) is 12.1 Å². The summed E-state index contributed by atoms with van der Waals surface area (Å²) in [6.45, 7) is 2.82. The maximum Gasteiger partial charge on any atom is 0.168 e. The zero-order valence-electron chi connectivity index (χ0n) is 9.77. The summed E-state index contributed by atoms with van der Waals surface area (Å²) in [4.78, 5) is 0. The van der Waals surface area contributed by atoms with Crippen LogP contribution >= 0.6 is 11.7 Å². The van der Waals surface area contributed by atoms with Crippen LogP contribution in [0.15, 0.2) is 18.2 Å². The Hall–Kier alpha value is -2.00. The van der Waals surface area contributed by atoms with Gasteiger partial charge in [-0.1, -0.05) is 6.92 Å². The molecule has 0 aliphatic rings. The van der Waals surface area contributed by atoms with Crippen LogP contribution in [0.4, 0.5) is 10.2 Å². The highest BCUT2D eigenvalue weighted by atomic mass is 32.1. The lowest BCUT2D eigenvalue weighted by molar-refractivity contribution is 0.628. The van der Waals surface area contributed by atoms with Crippen molar-refractivity contribution in [2.45, 2.75) is 13.3 Å². The molecule has 18 heavy (non-hydrogen) atoms. The highest BCUT2D eigenvalue weighted by molar-refractivity contribution is 6.99. The topological polar surface area (TPSA) is 61.6 Å². The van der Waals surface area contributed by atoms with E-state index in [9.17, 15) is 4.39 Å². The van der Waals surface area contributed by atoms with Gasteiger partial charge in [-0.15, -0.1) is 0 Å². The van der Waals surface area contributed by atoms with Crippen LogP contribution in [-0.4, -0.2) is 15.3 Å². The summed E-state index contributed by atoms with van der Waals surface area (Å²) in [6.07, 6.45) is 0.962. The van der Waals surface area contributed by atoms with E-state index >= 15 is 0 Å². The van der Waals surface area contributed by atoms with Gasteiger partial charge < -0.3 is 5.32 Å². The van der Waals surface area contributed by atoms with Gasteiger partial charge in [0.15, 0.2) is 5.82 Å². The Morgan fingerprint density at radius 3 is 2.94 bits per heavy atom. The fourth-order valence-electron chi connectivity index (χ4n) is 1.53. The standard InChI is InChI=1S/C12H11FN4S/c1-2-3-15-12-11(16-18-17-12)9-4-8(7-14)5-10(13)6-9/h4-6H,2-3H2,1H3,(H,15,17). The molecule has 2 aromatic rings. The Morgan fingerprint density at radius 1 is 1.39 bits per heavy atom. The van der Waals surface area contributed by atoms with E-state index in [0.717, 1.165) is 24.7 Å². The van der Waals surface area contributed by atoms with Gasteiger partial charge in [-0.3, -0.25) is 0 Å². The maximum atomic E-state index is 13.4. The smallest absolute Gasteiger partial charge is 0.168 e. The molecule has 0 fully saturated rings. The molecule has 92 valence electrons. The third-order valence-corrected chi connectivity index (χ3v) is 2.86. The third kappa shape index (κ3) is 2.63. The highest BCUT2D eigenvalue weighted by Gasteiger charge is 2.12. The van der Waals surface area contributed by atoms with Crippen molar-refractivity contribution in [1.82, 2.24) is 8.75 Å². The van der Waals surface area contributed by atoms with Crippen LogP contribution in [0.3, 0.4) is 0 Å². The lowest BCUT2D eigenvalue weighted by atomic mass is 10.1. The van der Waals surface area contributed by atoms with E-state index in [4.69, 9.17) is 5.26 Å². The normalized spacial score (nSPS) is 10.1. The molecule has 0 aliphatic carbocycles. The zero-order valence-corrected chi connectivity index (χ0v) is 10.6. The number of nitrogens with one attached hydrogen (secondary N) is 1. The number of benzene rings is 1. The molecule has 0 bridgehead atoms. The highest BCUT2D eigenvalue weighted by Crippen LogP contribution is 2.27. The first-order valence-electron chi connectivity index (χ1n) is 5.52. The van der Waals surface area contributed by atoms with E-state index in [-0.39, 0.29) is 5.56 Å².